The quantitative estimate of drug-likeness (QED) is 0.441. The highest BCUT2D eigenvalue weighted by atomic mass is 32.2. The fourth-order valence-corrected chi connectivity index (χ4v) is 1.66. The lowest BCUT2D eigenvalue weighted by Gasteiger charge is -2.20. The number of hydrogen-bond acceptors (Lipinski definition) is 6. The van der Waals surface area contributed by atoms with Crippen molar-refractivity contribution in [1.29, 1.82) is 0 Å². The molecule has 1 heterocycles. The normalized spacial score (nSPS) is 17.1. The largest absolute Gasteiger partial charge is 0.750 e. The van der Waals surface area contributed by atoms with Crippen LogP contribution in [0.4, 0.5) is 0 Å². The van der Waals surface area contributed by atoms with Gasteiger partial charge in [-0.15, -0.1) is 0 Å². The van der Waals surface area contributed by atoms with Crippen LogP contribution in [0.2, 0.25) is 0 Å². The maximum absolute atomic E-state index is 10.1. The zero-order chi connectivity index (χ0) is 11.8. The van der Waals surface area contributed by atoms with Crippen LogP contribution in [0.5, 0.6) is 0 Å². The van der Waals surface area contributed by atoms with Crippen LogP contribution in [0.25, 0.3) is 0 Å². The van der Waals surface area contributed by atoms with E-state index in [-0.39, 0.29) is 6.61 Å². The van der Waals surface area contributed by atoms with Gasteiger partial charge in [-0.25, -0.2) is 4.21 Å². The molecule has 1 aliphatic rings. The number of hydrogen-bond donors (Lipinski definition) is 0. The van der Waals surface area contributed by atoms with Gasteiger partial charge < -0.3 is 23.3 Å². The molecule has 7 heteroatoms. The highest BCUT2D eigenvalue weighted by molar-refractivity contribution is 7.74. The summed E-state index contributed by atoms with van der Waals surface area (Å²) >= 11 is -2.39. The molecule has 0 aliphatic carbocycles. The predicted molar refractivity (Wildman–Crippen MR) is 58.8 cm³/mol. The molecule has 0 N–H and O–H groups in total. The first-order chi connectivity index (χ1) is 7.72. The summed E-state index contributed by atoms with van der Waals surface area (Å²) < 4.78 is 29.6. The van der Waals surface area contributed by atoms with Crippen molar-refractivity contribution in [3.05, 3.63) is 12.4 Å². The van der Waals surface area contributed by atoms with E-state index in [0.717, 1.165) is 19.8 Å². The Kier molecular flexibility index (Phi) is 6.39. The molecule has 0 aromatic carbocycles. The molecular formula is C9H17N2O4S-. The Labute approximate surface area is 98.3 Å². The summed E-state index contributed by atoms with van der Waals surface area (Å²) in [7, 11) is 1.68. The average molecular weight is 249 g/mol. The molecule has 0 radical (unpaired) electrons. The van der Waals surface area contributed by atoms with Gasteiger partial charge in [-0.05, 0) is 6.42 Å². The number of ether oxygens (including phenoxy) is 1. The molecule has 0 amide bonds. The Morgan fingerprint density at radius 2 is 2.00 bits per heavy atom. The molecule has 1 aliphatic heterocycles. The Balaban J connectivity index is 2.04. The zero-order valence-electron chi connectivity index (χ0n) is 9.33. The summed E-state index contributed by atoms with van der Waals surface area (Å²) in [5.74, 6) is 0. The van der Waals surface area contributed by atoms with Crippen LogP contribution >= 0.6 is 0 Å². The molecule has 0 aromatic heterocycles. The Bertz CT molecular complexity index is 250. The van der Waals surface area contributed by atoms with Crippen molar-refractivity contribution in [2.45, 2.75) is 6.42 Å². The summed E-state index contributed by atoms with van der Waals surface area (Å²) in [6, 6.07) is 0. The number of rotatable bonds is 8. The second kappa shape index (κ2) is 7.61. The van der Waals surface area contributed by atoms with Crippen LogP contribution in [-0.2, 0) is 20.3 Å². The van der Waals surface area contributed by atoms with Crippen molar-refractivity contribution < 1.29 is 17.7 Å². The van der Waals surface area contributed by atoms with Crippen molar-refractivity contribution in [1.82, 2.24) is 9.80 Å². The average Bonchev–Trinajstić information content (AvgIpc) is 2.69. The monoisotopic (exact) mass is 249 g/mol. The van der Waals surface area contributed by atoms with Crippen molar-refractivity contribution in [2.75, 3.05) is 40.1 Å². The van der Waals surface area contributed by atoms with E-state index in [1.165, 1.54) is 0 Å². The van der Waals surface area contributed by atoms with Crippen LogP contribution in [-0.4, -0.2) is 58.6 Å². The van der Waals surface area contributed by atoms with Gasteiger partial charge in [0.25, 0.3) is 0 Å². The smallest absolute Gasteiger partial charge is 0.0894 e. The van der Waals surface area contributed by atoms with Gasteiger partial charge in [0.1, 0.15) is 0 Å². The molecule has 94 valence electrons. The second-order valence-corrected chi connectivity index (χ2v) is 4.08. The minimum atomic E-state index is -2.39. The fraction of sp³-hybridized carbons (Fsp3) is 0.778. The van der Waals surface area contributed by atoms with Crippen LogP contribution in [0.1, 0.15) is 6.42 Å². The summed E-state index contributed by atoms with van der Waals surface area (Å²) in [5, 5.41) is 0. The highest BCUT2D eigenvalue weighted by Gasteiger charge is 2.10. The molecular weight excluding hydrogens is 232 g/mol. The van der Waals surface area contributed by atoms with Gasteiger partial charge >= 0.3 is 0 Å². The van der Waals surface area contributed by atoms with Crippen molar-refractivity contribution in [3.63, 3.8) is 0 Å². The third kappa shape index (κ3) is 5.45. The van der Waals surface area contributed by atoms with Crippen molar-refractivity contribution in [2.24, 2.45) is 0 Å². The van der Waals surface area contributed by atoms with Crippen LogP contribution in [0, 0.1) is 0 Å². The van der Waals surface area contributed by atoms with Gasteiger partial charge in [-0.3, -0.25) is 0 Å². The number of nitrogens with zero attached hydrogens (tertiary/aromatic N) is 2. The highest BCUT2D eigenvalue weighted by Crippen LogP contribution is 2.06. The Morgan fingerprint density at radius 1 is 1.31 bits per heavy atom. The molecule has 1 rings (SSSR count). The minimum Gasteiger partial charge on any atom is -0.750 e. The molecule has 0 aromatic rings. The fourth-order valence-electron chi connectivity index (χ4n) is 1.41. The lowest BCUT2D eigenvalue weighted by molar-refractivity contribution is 0.155. The lowest BCUT2D eigenvalue weighted by Crippen LogP contribution is -2.28. The van der Waals surface area contributed by atoms with Gasteiger partial charge in [0, 0.05) is 32.6 Å². The minimum absolute atomic E-state index is 0.235. The molecule has 0 fully saturated rings. The van der Waals surface area contributed by atoms with E-state index in [1.54, 1.807) is 7.11 Å². The molecule has 6 nitrogen and oxygen atoms in total. The van der Waals surface area contributed by atoms with Gasteiger partial charge in [0.2, 0.25) is 0 Å². The van der Waals surface area contributed by atoms with Gasteiger partial charge in [0.15, 0.2) is 0 Å². The topological polar surface area (TPSA) is 65.1 Å². The van der Waals surface area contributed by atoms with E-state index < -0.39 is 11.4 Å². The predicted octanol–water partition coefficient (Wildman–Crippen LogP) is -0.120. The first-order valence-corrected chi connectivity index (χ1v) is 6.10. The molecule has 0 saturated carbocycles. The first-order valence-electron chi connectivity index (χ1n) is 5.10. The van der Waals surface area contributed by atoms with E-state index in [0.29, 0.717) is 13.0 Å². The lowest BCUT2D eigenvalue weighted by atomic mass is 10.4. The maximum Gasteiger partial charge on any atom is 0.0894 e. The third-order valence-corrected chi connectivity index (χ3v) is 2.56. The molecule has 0 spiro atoms. The first kappa shape index (κ1) is 13.4. The summed E-state index contributed by atoms with van der Waals surface area (Å²) in [5.41, 5.74) is 0. The molecule has 1 unspecified atom stereocenters. The van der Waals surface area contributed by atoms with E-state index in [9.17, 15) is 8.76 Å². The second-order valence-electron chi connectivity index (χ2n) is 3.44. The molecule has 1 atom stereocenters. The zero-order valence-corrected chi connectivity index (χ0v) is 10.1. The van der Waals surface area contributed by atoms with Gasteiger partial charge in [0.05, 0.1) is 31.2 Å². The standard InChI is InChI=1S/C9H18N2O4S/c1-14-8-6-11-5-4-10(9-11)3-2-7-15-16(12)13/h4-5H,2-3,6-9H2,1H3,(H,12,13)/p-1. The van der Waals surface area contributed by atoms with Gasteiger partial charge in [-0.2, -0.15) is 0 Å². The van der Waals surface area contributed by atoms with Crippen molar-refractivity contribution >= 4 is 11.4 Å². The van der Waals surface area contributed by atoms with Gasteiger partial charge in [-0.1, -0.05) is 0 Å². The summed E-state index contributed by atoms with van der Waals surface area (Å²) in [4.78, 5) is 4.24. The number of methoxy groups -OCH3 is 1. The Hall–Kier alpha value is -0.630. The SMILES string of the molecule is COCCN1C=CN(CCCOS(=O)[O-])C1. The third-order valence-electron chi connectivity index (χ3n) is 2.20. The van der Waals surface area contributed by atoms with E-state index in [2.05, 4.69) is 14.0 Å². The van der Waals surface area contributed by atoms with Crippen LogP contribution in [0.3, 0.4) is 0 Å². The molecule has 0 bridgehead atoms. The Morgan fingerprint density at radius 3 is 2.62 bits per heavy atom. The molecule has 0 saturated heterocycles. The summed E-state index contributed by atoms with van der Waals surface area (Å²) in [6.45, 7) is 3.42. The van der Waals surface area contributed by atoms with Crippen molar-refractivity contribution in [3.8, 4) is 0 Å². The summed E-state index contributed by atoms with van der Waals surface area (Å²) in [6.07, 6.45) is 4.69. The van der Waals surface area contributed by atoms with Crippen LogP contribution < -0.4 is 0 Å². The molecule has 16 heavy (non-hydrogen) atoms. The maximum atomic E-state index is 10.1. The van der Waals surface area contributed by atoms with E-state index >= 15 is 0 Å². The van der Waals surface area contributed by atoms with Crippen LogP contribution in [0.15, 0.2) is 12.4 Å². The van der Waals surface area contributed by atoms with E-state index in [1.807, 2.05) is 12.4 Å². The van der Waals surface area contributed by atoms with E-state index in [4.69, 9.17) is 4.74 Å².